The number of halogens is 1. The lowest BCUT2D eigenvalue weighted by Gasteiger charge is -2.40. The summed E-state index contributed by atoms with van der Waals surface area (Å²) in [5, 5.41) is 6.52. The molecule has 1 aliphatic heterocycles. The highest BCUT2D eigenvalue weighted by molar-refractivity contribution is 6.30. The van der Waals surface area contributed by atoms with Crippen LogP contribution in [0.1, 0.15) is 17.2 Å². The number of rotatable bonds is 17. The average Bonchev–Trinajstić information content (AvgIpc) is 3.03. The summed E-state index contributed by atoms with van der Waals surface area (Å²) in [5.74, 6) is 0.150. The number of nitrogens with one attached hydrogen (secondary N) is 1. The molecule has 10 nitrogen and oxygen atoms in total. The Balaban J connectivity index is 0.00000124. The minimum absolute atomic E-state index is 0.00223. The molecule has 1 amide bonds. The summed E-state index contributed by atoms with van der Waals surface area (Å²) in [6, 6.07) is 20.7. The third kappa shape index (κ3) is 11.7. The second-order valence-electron chi connectivity index (χ2n) is 10.3. The van der Waals surface area contributed by atoms with Crippen LogP contribution in [0, 0.1) is 0 Å². The highest BCUT2D eigenvalue weighted by atomic mass is 35.5. The first-order valence-electron chi connectivity index (χ1n) is 14.9. The topological polar surface area (TPSA) is 116 Å². The number of carbonyl (C=O) groups excluding carboxylic acids is 2. The van der Waals surface area contributed by atoms with Gasteiger partial charge in [0.25, 0.3) is 6.47 Å². The van der Waals surface area contributed by atoms with Gasteiger partial charge in [-0.1, -0.05) is 54.1 Å². The number of amides is 1. The fourth-order valence-corrected chi connectivity index (χ4v) is 5.16. The smallest absolute Gasteiger partial charge is 0.292 e. The van der Waals surface area contributed by atoms with Gasteiger partial charge in [0.05, 0.1) is 59.3 Å². The first-order chi connectivity index (χ1) is 21.5. The lowest BCUT2D eigenvalue weighted by atomic mass is 9.98. The van der Waals surface area contributed by atoms with E-state index in [2.05, 4.69) is 51.4 Å². The predicted molar refractivity (Wildman–Crippen MR) is 174 cm³/mol. The zero-order valence-corrected chi connectivity index (χ0v) is 26.5. The number of nitrogens with zero attached hydrogens (tertiary/aromatic N) is 2. The molecule has 44 heavy (non-hydrogen) atoms. The van der Waals surface area contributed by atoms with E-state index >= 15 is 0 Å². The van der Waals surface area contributed by atoms with E-state index in [-0.39, 0.29) is 11.9 Å². The monoisotopic (exact) mass is 628 g/mol. The molecule has 0 bridgehead atoms. The number of carbonyl (C=O) groups is 2. The molecule has 240 valence electrons. The van der Waals surface area contributed by atoms with Crippen LogP contribution < -0.4 is 11.1 Å². The maximum absolute atomic E-state index is 13.2. The van der Waals surface area contributed by atoms with E-state index in [4.69, 9.17) is 36.3 Å². The van der Waals surface area contributed by atoms with E-state index in [9.17, 15) is 4.79 Å². The number of hydrogen-bond donors (Lipinski definition) is 2. The van der Waals surface area contributed by atoms with Gasteiger partial charge in [-0.15, -0.1) is 0 Å². The van der Waals surface area contributed by atoms with Crippen molar-refractivity contribution in [2.24, 2.45) is 5.73 Å². The van der Waals surface area contributed by atoms with Crippen molar-refractivity contribution >= 4 is 40.4 Å². The molecule has 11 heteroatoms. The van der Waals surface area contributed by atoms with Gasteiger partial charge in [-0.2, -0.15) is 0 Å². The normalized spacial score (nSPS) is 15.1. The summed E-state index contributed by atoms with van der Waals surface area (Å²) >= 11 is 6.32. The number of piperazine rings is 1. The maximum atomic E-state index is 13.2. The number of nitrogens with two attached hydrogens (primary N) is 1. The van der Waals surface area contributed by atoms with Gasteiger partial charge in [-0.25, -0.2) is 0 Å². The van der Waals surface area contributed by atoms with Gasteiger partial charge in [0.1, 0.15) is 0 Å². The van der Waals surface area contributed by atoms with Gasteiger partial charge >= 0.3 is 0 Å². The van der Waals surface area contributed by atoms with Crippen LogP contribution in [0.5, 0.6) is 0 Å². The number of likely N-dealkylation sites (N-methyl/N-ethyl adjacent to an activating group) is 1. The van der Waals surface area contributed by atoms with Crippen molar-refractivity contribution in [2.45, 2.75) is 12.5 Å². The Morgan fingerprint density at radius 1 is 0.955 bits per heavy atom. The molecule has 3 aromatic carbocycles. The zero-order valence-electron chi connectivity index (χ0n) is 25.7. The number of methoxy groups -OCH3 is 1. The molecular weight excluding hydrogens is 584 g/mol. The third-order valence-electron chi connectivity index (χ3n) is 7.10. The number of fused-ring (bicyclic) bond motifs is 1. The van der Waals surface area contributed by atoms with Crippen LogP contribution in [-0.4, -0.2) is 109 Å². The number of ether oxygens (including phenoxy) is 4. The van der Waals surface area contributed by atoms with Crippen LogP contribution in [0.2, 0.25) is 5.02 Å². The van der Waals surface area contributed by atoms with Gasteiger partial charge in [-0.05, 0) is 53.6 Å². The average molecular weight is 629 g/mol. The fourth-order valence-electron chi connectivity index (χ4n) is 4.99. The van der Waals surface area contributed by atoms with Gasteiger partial charge in [0.2, 0.25) is 5.91 Å². The van der Waals surface area contributed by atoms with E-state index in [0.717, 1.165) is 29.8 Å². The van der Waals surface area contributed by atoms with E-state index < -0.39 is 0 Å². The quantitative estimate of drug-likeness (QED) is 0.170. The molecule has 0 saturated carbocycles. The van der Waals surface area contributed by atoms with E-state index in [1.54, 1.807) is 0 Å². The van der Waals surface area contributed by atoms with Gasteiger partial charge < -0.3 is 34.9 Å². The molecule has 3 aromatic rings. The molecule has 4 rings (SSSR count). The van der Waals surface area contributed by atoms with Gasteiger partial charge in [0, 0.05) is 36.9 Å². The summed E-state index contributed by atoms with van der Waals surface area (Å²) in [4.78, 5) is 26.3. The SMILES string of the molecule is CN1CC(=O)N(CCc2ccc(Cl)cc2NCCOCCOCCOCCN)C(c2ccc3ccccc3c2)C1.COC=O. The standard InChI is InChI=1S/C31H41ClN4O4.C2H4O2/c1-35-22-30(27-7-6-24-4-2-3-5-26(24)20-27)36(31(37)23-35)13-10-25-8-9-28(32)21-29(25)34-12-15-39-17-19-40-18-16-38-14-11-33;1-4-2-3/h2-9,20-21,30,34H,10-19,22-23,33H2,1H3;2H,1H3. The third-order valence-corrected chi connectivity index (χ3v) is 7.34. The molecule has 0 aliphatic carbocycles. The molecule has 0 spiro atoms. The fraction of sp³-hybridized carbons (Fsp3) is 0.455. The number of benzene rings is 3. The lowest BCUT2D eigenvalue weighted by molar-refractivity contribution is -0.139. The van der Waals surface area contributed by atoms with E-state index in [1.807, 2.05) is 36.2 Å². The minimum Gasteiger partial charge on any atom is -0.471 e. The second kappa shape index (κ2) is 19.9. The largest absolute Gasteiger partial charge is 0.471 e. The van der Waals surface area contributed by atoms with Gasteiger partial charge in [0.15, 0.2) is 0 Å². The van der Waals surface area contributed by atoms with E-state index in [1.165, 1.54) is 17.9 Å². The molecule has 3 N–H and O–H groups in total. The van der Waals surface area contributed by atoms with Crippen molar-refractivity contribution < 1.29 is 28.5 Å². The lowest BCUT2D eigenvalue weighted by Crippen LogP contribution is -2.51. The van der Waals surface area contributed by atoms with Crippen LogP contribution >= 0.6 is 11.6 Å². The van der Waals surface area contributed by atoms with Crippen molar-refractivity contribution in [1.29, 1.82) is 0 Å². The molecule has 1 saturated heterocycles. The number of hydrogen-bond acceptors (Lipinski definition) is 9. The minimum atomic E-state index is 0.00223. The summed E-state index contributed by atoms with van der Waals surface area (Å²) < 4.78 is 20.3. The Hall–Kier alpha value is -3.25. The van der Waals surface area contributed by atoms with Crippen LogP contribution in [0.15, 0.2) is 60.7 Å². The zero-order chi connectivity index (χ0) is 31.6. The van der Waals surface area contributed by atoms with E-state index in [0.29, 0.717) is 77.3 Å². The van der Waals surface area contributed by atoms with Crippen LogP contribution in [0.3, 0.4) is 0 Å². The molecule has 0 aromatic heterocycles. The van der Waals surface area contributed by atoms with Crippen molar-refractivity contribution in [3.63, 3.8) is 0 Å². The van der Waals surface area contributed by atoms with Crippen LogP contribution in [-0.2, 0) is 35.0 Å². The first kappa shape index (κ1) is 35.2. The molecule has 1 aliphatic rings. The molecule has 1 fully saturated rings. The Labute approximate surface area is 265 Å². The Morgan fingerprint density at radius 3 is 2.34 bits per heavy atom. The Morgan fingerprint density at radius 2 is 1.64 bits per heavy atom. The Bertz CT molecular complexity index is 1300. The van der Waals surface area contributed by atoms with Crippen molar-refractivity contribution in [3.05, 3.63) is 76.8 Å². The highest BCUT2D eigenvalue weighted by Gasteiger charge is 2.32. The highest BCUT2D eigenvalue weighted by Crippen LogP contribution is 2.29. The molecule has 1 unspecified atom stereocenters. The molecule has 1 atom stereocenters. The van der Waals surface area contributed by atoms with Crippen molar-refractivity contribution in [1.82, 2.24) is 9.80 Å². The second-order valence-corrected chi connectivity index (χ2v) is 10.8. The summed E-state index contributed by atoms with van der Waals surface area (Å²) in [7, 11) is 3.32. The van der Waals surface area contributed by atoms with Gasteiger partial charge in [-0.3, -0.25) is 14.5 Å². The molecular formula is C33H45ClN4O6. The van der Waals surface area contributed by atoms with Crippen LogP contribution in [0.25, 0.3) is 10.8 Å². The summed E-state index contributed by atoms with van der Waals surface area (Å²) in [5.41, 5.74) is 8.63. The van der Waals surface area contributed by atoms with Crippen molar-refractivity contribution in [3.8, 4) is 0 Å². The first-order valence-corrected chi connectivity index (χ1v) is 15.2. The molecule has 1 heterocycles. The summed E-state index contributed by atoms with van der Waals surface area (Å²) in [6.45, 7) is 6.59. The maximum Gasteiger partial charge on any atom is 0.292 e. The Kier molecular flexibility index (Phi) is 15.9. The predicted octanol–water partition coefficient (Wildman–Crippen LogP) is 3.76. The number of anilines is 1. The van der Waals surface area contributed by atoms with Crippen molar-refractivity contribution in [2.75, 3.05) is 91.8 Å². The molecule has 0 radical (unpaired) electrons. The van der Waals surface area contributed by atoms with Crippen LogP contribution in [0.4, 0.5) is 5.69 Å². The summed E-state index contributed by atoms with van der Waals surface area (Å²) in [6.07, 6.45) is 0.722.